The zero-order chi connectivity index (χ0) is 20.7. The molecule has 0 atom stereocenters. The van der Waals surface area contributed by atoms with Crippen LogP contribution in [0.5, 0.6) is 0 Å². The van der Waals surface area contributed by atoms with E-state index in [-0.39, 0.29) is 0 Å². The monoisotopic (exact) mass is 421 g/mol. The lowest BCUT2D eigenvalue weighted by Gasteiger charge is -2.13. The van der Waals surface area contributed by atoms with E-state index in [1.54, 1.807) is 6.07 Å². The minimum absolute atomic E-state index is 0.303. The first-order valence-electron chi connectivity index (χ1n) is 9.16. The van der Waals surface area contributed by atoms with Crippen molar-refractivity contribution in [1.82, 2.24) is 9.97 Å². The fraction of sp³-hybridized carbons (Fsp3) is 0.0435. The largest absolute Gasteiger partial charge is 0.416 e. The number of thiophene rings is 1. The van der Waals surface area contributed by atoms with E-state index < -0.39 is 11.7 Å². The zero-order valence-corrected chi connectivity index (χ0v) is 16.3. The quantitative estimate of drug-likeness (QED) is 0.311. The van der Waals surface area contributed by atoms with Gasteiger partial charge < -0.3 is 5.32 Å². The summed E-state index contributed by atoms with van der Waals surface area (Å²) >= 11 is 1.50. The Hall–Kier alpha value is -3.45. The van der Waals surface area contributed by atoms with Gasteiger partial charge in [-0.25, -0.2) is 9.97 Å². The topological polar surface area (TPSA) is 37.8 Å². The van der Waals surface area contributed by atoms with Crippen LogP contribution in [-0.2, 0) is 6.18 Å². The molecule has 0 aliphatic rings. The van der Waals surface area contributed by atoms with Gasteiger partial charge in [-0.1, -0.05) is 36.4 Å². The van der Waals surface area contributed by atoms with Crippen molar-refractivity contribution in [2.75, 3.05) is 5.32 Å². The van der Waals surface area contributed by atoms with Gasteiger partial charge in [0.1, 0.15) is 5.69 Å². The van der Waals surface area contributed by atoms with Gasteiger partial charge in [-0.2, -0.15) is 13.2 Å². The Morgan fingerprint density at radius 2 is 1.50 bits per heavy atom. The van der Waals surface area contributed by atoms with Crippen LogP contribution in [-0.4, -0.2) is 9.97 Å². The smallest absolute Gasteiger partial charge is 0.338 e. The molecule has 3 nitrogen and oxygen atoms in total. The van der Waals surface area contributed by atoms with Crippen LogP contribution >= 0.6 is 11.3 Å². The second-order valence-electron chi connectivity index (χ2n) is 6.79. The number of nitrogens with zero attached hydrogens (tertiary/aromatic N) is 2. The lowest BCUT2D eigenvalue weighted by molar-refractivity contribution is -0.137. The first-order valence-corrected chi connectivity index (χ1v) is 10.0. The number of anilines is 2. The van der Waals surface area contributed by atoms with Gasteiger partial charge in [0, 0.05) is 5.69 Å². The lowest BCUT2D eigenvalue weighted by atomic mass is 10.1. The maximum Gasteiger partial charge on any atom is 0.416 e. The molecule has 3 aromatic carbocycles. The average molecular weight is 421 g/mol. The number of rotatable bonds is 3. The second kappa shape index (κ2) is 7.11. The normalized spacial score (nSPS) is 11.8. The first-order chi connectivity index (χ1) is 14.5. The Morgan fingerprint density at radius 3 is 2.17 bits per heavy atom. The SMILES string of the molecule is FC(F)(F)c1cccc(Nc2nc3cc4ccccc4cc3nc2-c2cccs2)c1. The molecule has 5 rings (SSSR count). The van der Waals surface area contributed by atoms with Crippen LogP contribution in [0.3, 0.4) is 0 Å². The molecule has 0 saturated carbocycles. The van der Waals surface area contributed by atoms with Gasteiger partial charge in [0.15, 0.2) is 5.82 Å². The van der Waals surface area contributed by atoms with Crippen molar-refractivity contribution in [1.29, 1.82) is 0 Å². The molecule has 5 aromatic rings. The highest BCUT2D eigenvalue weighted by atomic mass is 32.1. The van der Waals surface area contributed by atoms with E-state index in [4.69, 9.17) is 9.97 Å². The molecule has 7 heteroatoms. The van der Waals surface area contributed by atoms with E-state index >= 15 is 0 Å². The van der Waals surface area contributed by atoms with Crippen LogP contribution in [0, 0.1) is 0 Å². The maximum atomic E-state index is 13.1. The summed E-state index contributed by atoms with van der Waals surface area (Å²) in [5.41, 5.74) is 1.59. The molecule has 2 aromatic heterocycles. The molecule has 0 bridgehead atoms. The predicted molar refractivity (Wildman–Crippen MR) is 115 cm³/mol. The van der Waals surface area contributed by atoms with Crippen molar-refractivity contribution < 1.29 is 13.2 Å². The third-order valence-corrected chi connectivity index (χ3v) is 5.62. The van der Waals surface area contributed by atoms with Crippen LogP contribution in [0.25, 0.3) is 32.4 Å². The lowest BCUT2D eigenvalue weighted by Crippen LogP contribution is -2.06. The molecular formula is C23H14F3N3S. The van der Waals surface area contributed by atoms with E-state index in [9.17, 15) is 13.2 Å². The molecule has 1 N–H and O–H groups in total. The number of aromatic nitrogens is 2. The zero-order valence-electron chi connectivity index (χ0n) is 15.4. The van der Waals surface area contributed by atoms with Crippen LogP contribution in [0.4, 0.5) is 24.7 Å². The fourth-order valence-corrected chi connectivity index (χ4v) is 4.04. The Bertz CT molecular complexity index is 1360. The standard InChI is InChI=1S/C23H14F3N3S/c24-23(25,26)16-7-3-8-17(13-16)27-22-21(20-9-4-10-30-20)28-18-11-14-5-1-2-6-15(14)12-19(18)29-22/h1-13H,(H,27,29). The molecule has 2 heterocycles. The summed E-state index contributed by atoms with van der Waals surface area (Å²) in [7, 11) is 0. The minimum atomic E-state index is -4.41. The summed E-state index contributed by atoms with van der Waals surface area (Å²) in [5, 5.41) is 7.05. The highest BCUT2D eigenvalue weighted by Gasteiger charge is 2.30. The van der Waals surface area contributed by atoms with Gasteiger partial charge in [-0.05, 0) is 52.6 Å². The molecule has 0 spiro atoms. The molecule has 0 aliphatic heterocycles. The minimum Gasteiger partial charge on any atom is -0.338 e. The highest BCUT2D eigenvalue weighted by Crippen LogP contribution is 2.35. The van der Waals surface area contributed by atoms with Gasteiger partial charge in [0.05, 0.1) is 21.5 Å². The molecule has 0 unspecified atom stereocenters. The van der Waals surface area contributed by atoms with E-state index in [0.717, 1.165) is 33.3 Å². The predicted octanol–water partition coefficient (Wildman–Crippen LogP) is 7.27. The van der Waals surface area contributed by atoms with E-state index in [0.29, 0.717) is 22.7 Å². The molecule has 0 fully saturated rings. The van der Waals surface area contributed by atoms with Crippen LogP contribution in [0.2, 0.25) is 0 Å². The van der Waals surface area contributed by atoms with Gasteiger partial charge in [0.2, 0.25) is 0 Å². The van der Waals surface area contributed by atoms with Gasteiger partial charge in [-0.15, -0.1) is 11.3 Å². The van der Waals surface area contributed by atoms with E-state index in [1.807, 2.05) is 53.9 Å². The Labute approximate surface area is 173 Å². The summed E-state index contributed by atoms with van der Waals surface area (Å²) < 4.78 is 39.3. The van der Waals surface area contributed by atoms with Crippen molar-refractivity contribution in [3.8, 4) is 10.6 Å². The van der Waals surface area contributed by atoms with Crippen LogP contribution in [0.15, 0.2) is 78.2 Å². The van der Waals surface area contributed by atoms with Crippen molar-refractivity contribution >= 4 is 44.6 Å². The molecular weight excluding hydrogens is 407 g/mol. The van der Waals surface area contributed by atoms with Crippen molar-refractivity contribution in [3.63, 3.8) is 0 Å². The number of benzene rings is 3. The van der Waals surface area contributed by atoms with Crippen molar-refractivity contribution in [2.45, 2.75) is 6.18 Å². The molecule has 30 heavy (non-hydrogen) atoms. The molecule has 148 valence electrons. The summed E-state index contributed by atoms with van der Waals surface area (Å²) in [6, 6.07) is 20.7. The summed E-state index contributed by atoms with van der Waals surface area (Å²) in [6.45, 7) is 0. The molecule has 0 amide bonds. The number of fused-ring (bicyclic) bond motifs is 2. The highest BCUT2D eigenvalue weighted by molar-refractivity contribution is 7.13. The van der Waals surface area contributed by atoms with E-state index in [1.165, 1.54) is 17.4 Å². The molecule has 0 aliphatic carbocycles. The van der Waals surface area contributed by atoms with Crippen LogP contribution in [0.1, 0.15) is 5.56 Å². The third-order valence-electron chi connectivity index (χ3n) is 4.74. The number of alkyl halides is 3. The van der Waals surface area contributed by atoms with Gasteiger partial charge in [-0.3, -0.25) is 0 Å². The number of nitrogens with one attached hydrogen (secondary N) is 1. The van der Waals surface area contributed by atoms with Crippen LogP contribution < -0.4 is 5.32 Å². The average Bonchev–Trinajstić information content (AvgIpc) is 3.26. The number of hydrogen-bond acceptors (Lipinski definition) is 4. The molecule has 0 saturated heterocycles. The Kier molecular flexibility index (Phi) is 4.40. The van der Waals surface area contributed by atoms with Gasteiger partial charge in [0.25, 0.3) is 0 Å². The number of hydrogen-bond donors (Lipinski definition) is 1. The Balaban J connectivity index is 1.67. The number of halogens is 3. The Morgan fingerprint density at radius 1 is 0.767 bits per heavy atom. The summed E-state index contributed by atoms with van der Waals surface area (Å²) in [4.78, 5) is 10.4. The van der Waals surface area contributed by atoms with Crippen molar-refractivity contribution in [3.05, 3.63) is 83.7 Å². The fourth-order valence-electron chi connectivity index (χ4n) is 3.32. The van der Waals surface area contributed by atoms with Crippen molar-refractivity contribution in [2.24, 2.45) is 0 Å². The maximum absolute atomic E-state index is 13.1. The second-order valence-corrected chi connectivity index (χ2v) is 7.74. The first kappa shape index (κ1) is 18.6. The summed E-state index contributed by atoms with van der Waals surface area (Å²) in [5.74, 6) is 0.416. The van der Waals surface area contributed by atoms with Gasteiger partial charge >= 0.3 is 6.18 Å². The summed E-state index contributed by atoms with van der Waals surface area (Å²) in [6.07, 6.45) is -4.41. The molecule has 0 radical (unpaired) electrons. The third kappa shape index (κ3) is 3.48. The van der Waals surface area contributed by atoms with E-state index in [2.05, 4.69) is 5.32 Å².